The lowest BCUT2D eigenvalue weighted by Crippen LogP contribution is -2.42. The summed E-state index contributed by atoms with van der Waals surface area (Å²) in [6.45, 7) is 1.25. The predicted molar refractivity (Wildman–Crippen MR) is 105 cm³/mol. The zero-order valence-corrected chi connectivity index (χ0v) is 17.3. The quantitative estimate of drug-likeness (QED) is 0.671. The lowest BCUT2D eigenvalue weighted by atomic mass is 10.1. The van der Waals surface area contributed by atoms with E-state index < -0.39 is 31.4 Å². The summed E-state index contributed by atoms with van der Waals surface area (Å²) >= 11 is 0. The molecule has 28 heavy (non-hydrogen) atoms. The molecule has 1 amide bonds. The highest BCUT2D eigenvalue weighted by molar-refractivity contribution is 7.94. The Labute approximate surface area is 163 Å². The molecule has 1 atom stereocenters. The van der Waals surface area contributed by atoms with Crippen molar-refractivity contribution < 1.29 is 17.4 Å². The topological polar surface area (TPSA) is 127 Å². The van der Waals surface area contributed by atoms with E-state index in [0.29, 0.717) is 25.9 Å². The summed E-state index contributed by atoms with van der Waals surface area (Å²) in [4.78, 5) is 27.2. The number of aryl methyl sites for hydroxylation is 1. The van der Waals surface area contributed by atoms with E-state index in [0.717, 1.165) is 17.0 Å². The van der Waals surface area contributed by atoms with Crippen molar-refractivity contribution in [1.82, 2.24) is 19.5 Å². The molecule has 0 radical (unpaired) electrons. The Balaban J connectivity index is 1.46. The van der Waals surface area contributed by atoms with E-state index in [1.807, 2.05) is 11.6 Å². The van der Waals surface area contributed by atoms with Crippen molar-refractivity contribution in [2.75, 3.05) is 35.8 Å². The zero-order valence-electron chi connectivity index (χ0n) is 15.7. The standard InChI is InChI=1S/C16H22N6O4S2/c1-21-10-19-13-14(21)17-9-18-15(13)22-5-3-12(4-6-22)27(2,24)20-16(23)11-7-28(25,26)8-11/h9-12H,3-8H2,1-2H3. The van der Waals surface area contributed by atoms with Crippen LogP contribution >= 0.6 is 0 Å². The van der Waals surface area contributed by atoms with Crippen LogP contribution in [0.1, 0.15) is 12.8 Å². The number of sulfone groups is 1. The maximum Gasteiger partial charge on any atom is 0.258 e. The van der Waals surface area contributed by atoms with Gasteiger partial charge in [0, 0.05) is 31.6 Å². The Morgan fingerprint density at radius 1 is 1.21 bits per heavy atom. The number of carbonyl (C=O) groups excluding carboxylic acids is 1. The second-order valence-corrected chi connectivity index (χ2v) is 12.2. The average molecular weight is 427 g/mol. The molecule has 4 heterocycles. The molecule has 0 N–H and O–H groups in total. The van der Waals surface area contributed by atoms with Crippen LogP contribution in [-0.2, 0) is 31.4 Å². The maximum absolute atomic E-state index is 13.0. The fraction of sp³-hybridized carbons (Fsp3) is 0.625. The minimum absolute atomic E-state index is 0.183. The zero-order chi connectivity index (χ0) is 20.1. The van der Waals surface area contributed by atoms with Crippen LogP contribution in [0, 0.1) is 5.92 Å². The van der Waals surface area contributed by atoms with Gasteiger partial charge in [-0.3, -0.25) is 4.79 Å². The summed E-state index contributed by atoms with van der Waals surface area (Å²) in [5.74, 6) is -0.798. The van der Waals surface area contributed by atoms with Gasteiger partial charge in [-0.05, 0) is 12.8 Å². The number of aromatic nitrogens is 4. The maximum atomic E-state index is 13.0. The summed E-state index contributed by atoms with van der Waals surface area (Å²) in [5, 5.41) is -0.217. The van der Waals surface area contributed by atoms with Crippen LogP contribution in [0.3, 0.4) is 0 Å². The number of hydrogen-bond donors (Lipinski definition) is 0. The Morgan fingerprint density at radius 3 is 2.54 bits per heavy atom. The normalized spacial score (nSPS) is 22.6. The molecule has 2 aliphatic rings. The van der Waals surface area contributed by atoms with Crippen molar-refractivity contribution in [3.8, 4) is 0 Å². The molecule has 2 aliphatic heterocycles. The molecule has 12 heteroatoms. The van der Waals surface area contributed by atoms with Crippen molar-refractivity contribution >= 4 is 42.5 Å². The van der Waals surface area contributed by atoms with Crippen LogP contribution < -0.4 is 4.90 Å². The van der Waals surface area contributed by atoms with Crippen LogP contribution in [0.2, 0.25) is 0 Å². The van der Waals surface area contributed by atoms with E-state index >= 15 is 0 Å². The molecule has 2 aromatic heterocycles. The summed E-state index contributed by atoms with van der Waals surface area (Å²) in [6, 6.07) is 0. The van der Waals surface area contributed by atoms with E-state index in [9.17, 15) is 17.4 Å². The number of carbonyl (C=O) groups is 1. The fourth-order valence-electron chi connectivity index (χ4n) is 3.70. The van der Waals surface area contributed by atoms with E-state index in [1.165, 1.54) is 12.6 Å². The number of piperidine rings is 1. The number of rotatable bonds is 3. The first-order valence-electron chi connectivity index (χ1n) is 8.98. The van der Waals surface area contributed by atoms with Gasteiger partial charge in [-0.2, -0.15) is 4.36 Å². The second kappa shape index (κ2) is 6.76. The molecular weight excluding hydrogens is 404 g/mol. The van der Waals surface area contributed by atoms with Crippen molar-refractivity contribution in [1.29, 1.82) is 0 Å². The smallest absolute Gasteiger partial charge is 0.258 e. The monoisotopic (exact) mass is 426 g/mol. The largest absolute Gasteiger partial charge is 0.355 e. The predicted octanol–water partition coefficient (Wildman–Crippen LogP) is 0.00110. The molecule has 2 saturated heterocycles. The molecule has 1 unspecified atom stereocenters. The molecule has 4 rings (SSSR count). The van der Waals surface area contributed by atoms with E-state index in [2.05, 4.69) is 24.2 Å². The van der Waals surface area contributed by atoms with Gasteiger partial charge in [0.1, 0.15) is 6.33 Å². The highest BCUT2D eigenvalue weighted by atomic mass is 32.2. The van der Waals surface area contributed by atoms with Gasteiger partial charge in [0.05, 0.1) is 33.5 Å². The second-order valence-electron chi connectivity index (χ2n) is 7.48. The van der Waals surface area contributed by atoms with E-state index in [1.54, 1.807) is 6.33 Å². The molecule has 0 aromatic carbocycles. The van der Waals surface area contributed by atoms with Crippen LogP contribution in [-0.4, -0.2) is 74.2 Å². The van der Waals surface area contributed by atoms with Gasteiger partial charge >= 0.3 is 0 Å². The third-order valence-electron chi connectivity index (χ3n) is 5.37. The molecule has 152 valence electrons. The number of amides is 1. The lowest BCUT2D eigenvalue weighted by Gasteiger charge is -2.33. The van der Waals surface area contributed by atoms with Gasteiger partial charge in [-0.1, -0.05) is 0 Å². The van der Waals surface area contributed by atoms with Gasteiger partial charge in [-0.25, -0.2) is 27.6 Å². The number of fused-ring (bicyclic) bond motifs is 1. The third-order valence-corrected chi connectivity index (χ3v) is 9.44. The van der Waals surface area contributed by atoms with Gasteiger partial charge in [-0.15, -0.1) is 0 Å². The Hall–Kier alpha value is -2.08. The fourth-order valence-corrected chi connectivity index (χ4v) is 6.86. The lowest BCUT2D eigenvalue weighted by molar-refractivity contribution is -0.120. The van der Waals surface area contributed by atoms with Crippen molar-refractivity contribution in [3.05, 3.63) is 12.7 Å². The molecular formula is C16H22N6O4S2. The molecule has 2 fully saturated rings. The Bertz CT molecular complexity index is 1150. The van der Waals surface area contributed by atoms with E-state index in [-0.39, 0.29) is 16.8 Å². The van der Waals surface area contributed by atoms with Gasteiger partial charge in [0.15, 0.2) is 26.8 Å². The van der Waals surface area contributed by atoms with Crippen molar-refractivity contribution in [2.45, 2.75) is 18.1 Å². The van der Waals surface area contributed by atoms with Crippen molar-refractivity contribution in [2.24, 2.45) is 17.3 Å². The Kier molecular flexibility index (Phi) is 4.65. The molecule has 0 aliphatic carbocycles. The first-order valence-corrected chi connectivity index (χ1v) is 12.8. The van der Waals surface area contributed by atoms with Crippen LogP contribution in [0.5, 0.6) is 0 Å². The highest BCUT2D eigenvalue weighted by Crippen LogP contribution is 2.27. The van der Waals surface area contributed by atoms with Gasteiger partial charge < -0.3 is 9.47 Å². The number of nitrogens with zero attached hydrogens (tertiary/aromatic N) is 6. The first-order chi connectivity index (χ1) is 13.2. The first kappa shape index (κ1) is 19.2. The number of imidazole rings is 1. The van der Waals surface area contributed by atoms with Crippen LogP contribution in [0.25, 0.3) is 11.2 Å². The van der Waals surface area contributed by atoms with Crippen LogP contribution in [0.15, 0.2) is 17.0 Å². The molecule has 0 saturated carbocycles. The number of hydrogen-bond acceptors (Lipinski definition) is 8. The van der Waals surface area contributed by atoms with Crippen molar-refractivity contribution in [3.63, 3.8) is 0 Å². The third kappa shape index (κ3) is 3.50. The highest BCUT2D eigenvalue weighted by Gasteiger charge is 2.39. The minimum atomic E-state index is -3.11. The summed E-state index contributed by atoms with van der Waals surface area (Å²) in [6.07, 6.45) is 5.91. The summed E-state index contributed by atoms with van der Waals surface area (Å²) in [7, 11) is -3.97. The SMILES string of the molecule is Cn1cnc2c(N3CCC(S(C)(=O)=NC(=O)C4CS(=O)(=O)C4)CC3)ncnc21. The average Bonchev–Trinajstić information content (AvgIpc) is 3.01. The molecule has 0 bridgehead atoms. The van der Waals surface area contributed by atoms with Gasteiger partial charge in [0.2, 0.25) is 0 Å². The molecule has 10 nitrogen and oxygen atoms in total. The number of anilines is 1. The Morgan fingerprint density at radius 2 is 1.89 bits per heavy atom. The molecule has 2 aromatic rings. The van der Waals surface area contributed by atoms with E-state index in [4.69, 9.17) is 0 Å². The molecule has 0 spiro atoms. The summed E-state index contributed by atoms with van der Waals surface area (Å²) in [5.41, 5.74) is 1.48. The minimum Gasteiger partial charge on any atom is -0.355 e. The van der Waals surface area contributed by atoms with Crippen LogP contribution in [0.4, 0.5) is 5.82 Å². The van der Waals surface area contributed by atoms with Gasteiger partial charge in [0.25, 0.3) is 5.91 Å². The summed E-state index contributed by atoms with van der Waals surface area (Å²) < 4.78 is 41.3.